The second-order valence-corrected chi connectivity index (χ2v) is 7.93. The Labute approximate surface area is 161 Å². The number of aliphatic carboxylic acids is 1. The number of piperidine rings is 1. The molecule has 1 amide bonds. The Kier molecular flexibility index (Phi) is 6.75. The number of hydrogen-bond acceptors (Lipinski definition) is 3. The Morgan fingerprint density at radius 3 is 2.33 bits per heavy atom. The van der Waals surface area contributed by atoms with E-state index < -0.39 is 5.97 Å². The van der Waals surface area contributed by atoms with Crippen LogP contribution in [0.5, 0.6) is 5.75 Å². The lowest BCUT2D eigenvalue weighted by atomic mass is 9.90. The highest BCUT2D eigenvalue weighted by atomic mass is 16.5. The molecule has 2 fully saturated rings. The van der Waals surface area contributed by atoms with Gasteiger partial charge < -0.3 is 14.7 Å². The molecule has 1 aliphatic heterocycles. The van der Waals surface area contributed by atoms with Gasteiger partial charge in [0.05, 0.1) is 12.5 Å². The Morgan fingerprint density at radius 2 is 1.74 bits per heavy atom. The average Bonchev–Trinajstić information content (AvgIpc) is 3.18. The number of aryl methyl sites for hydroxylation is 1. The Bertz CT molecular complexity index is 634. The number of rotatable bonds is 7. The number of hydrogen-bond donors (Lipinski definition) is 1. The minimum Gasteiger partial charge on any atom is -0.494 e. The molecule has 5 heteroatoms. The molecule has 2 atom stereocenters. The van der Waals surface area contributed by atoms with Gasteiger partial charge in [0, 0.05) is 19.0 Å². The molecule has 1 saturated carbocycles. The molecule has 0 unspecified atom stereocenters. The molecule has 0 radical (unpaired) electrons. The molecule has 1 saturated heterocycles. The van der Waals surface area contributed by atoms with Crippen LogP contribution in [-0.4, -0.2) is 41.6 Å². The van der Waals surface area contributed by atoms with Crippen molar-refractivity contribution in [2.24, 2.45) is 17.8 Å². The lowest BCUT2D eigenvalue weighted by Crippen LogP contribution is -2.41. The largest absolute Gasteiger partial charge is 0.494 e. The molecule has 1 N–H and O–H groups in total. The molecular formula is C22H31NO4. The molecule has 3 rings (SSSR count). The number of carboxylic acid groups (broad SMARTS) is 1. The third-order valence-corrected chi connectivity index (χ3v) is 6.13. The van der Waals surface area contributed by atoms with Crippen LogP contribution in [0.1, 0.15) is 51.0 Å². The molecule has 0 spiro atoms. The molecule has 0 bridgehead atoms. The molecule has 0 aromatic heterocycles. The maximum absolute atomic E-state index is 12.7. The van der Waals surface area contributed by atoms with Crippen molar-refractivity contribution in [2.45, 2.75) is 51.9 Å². The number of likely N-dealkylation sites (tertiary alicyclic amines) is 1. The minimum absolute atomic E-state index is 0.0773. The van der Waals surface area contributed by atoms with Crippen molar-refractivity contribution in [3.05, 3.63) is 29.8 Å². The fourth-order valence-corrected chi connectivity index (χ4v) is 4.42. The monoisotopic (exact) mass is 373 g/mol. The number of carbonyl (C=O) groups is 2. The molecule has 1 heterocycles. The number of benzene rings is 1. The minimum atomic E-state index is -0.752. The lowest BCUT2D eigenvalue weighted by Gasteiger charge is -2.33. The van der Waals surface area contributed by atoms with Gasteiger partial charge in [-0.3, -0.25) is 9.59 Å². The summed E-state index contributed by atoms with van der Waals surface area (Å²) in [5.41, 5.74) is 1.34. The summed E-state index contributed by atoms with van der Waals surface area (Å²) in [4.78, 5) is 25.7. The molecule has 148 valence electrons. The van der Waals surface area contributed by atoms with Crippen LogP contribution in [0.3, 0.4) is 0 Å². The van der Waals surface area contributed by atoms with Crippen molar-refractivity contribution in [2.75, 3.05) is 19.7 Å². The van der Waals surface area contributed by atoms with Crippen molar-refractivity contribution in [3.63, 3.8) is 0 Å². The molecule has 2 aliphatic rings. The highest BCUT2D eigenvalue weighted by Crippen LogP contribution is 2.33. The van der Waals surface area contributed by atoms with Crippen LogP contribution in [0.15, 0.2) is 24.3 Å². The van der Waals surface area contributed by atoms with E-state index >= 15 is 0 Å². The summed E-state index contributed by atoms with van der Waals surface area (Å²) >= 11 is 0. The second-order valence-electron chi connectivity index (χ2n) is 7.93. The van der Waals surface area contributed by atoms with Crippen LogP contribution < -0.4 is 4.74 Å². The van der Waals surface area contributed by atoms with E-state index in [4.69, 9.17) is 9.84 Å². The molecule has 5 nitrogen and oxygen atoms in total. The highest BCUT2D eigenvalue weighted by Gasteiger charge is 2.36. The van der Waals surface area contributed by atoms with Gasteiger partial charge in [0.15, 0.2) is 0 Å². The predicted octanol–water partition coefficient (Wildman–Crippen LogP) is 3.76. The summed E-state index contributed by atoms with van der Waals surface area (Å²) in [6.45, 7) is 4.32. The normalized spacial score (nSPS) is 23.4. The standard InChI is InChI=1S/C22H31NO4/c1-2-27-20-9-5-16(6-10-20)3-4-17-11-13-23(14-12-17)21(24)18-7-8-19(15-18)22(25)26/h5-6,9-10,17-19H,2-4,7-8,11-15H2,1H3,(H,25,26)/t18-,19+/m1/s1. The van der Waals surface area contributed by atoms with Gasteiger partial charge in [0.2, 0.25) is 5.91 Å². The molecule has 27 heavy (non-hydrogen) atoms. The first-order valence-corrected chi connectivity index (χ1v) is 10.3. The van der Waals surface area contributed by atoms with E-state index in [1.165, 1.54) is 5.56 Å². The van der Waals surface area contributed by atoms with Gasteiger partial charge in [-0.1, -0.05) is 12.1 Å². The quantitative estimate of drug-likeness (QED) is 0.790. The lowest BCUT2D eigenvalue weighted by molar-refractivity contribution is -0.141. The maximum atomic E-state index is 12.7. The van der Waals surface area contributed by atoms with E-state index in [0.29, 0.717) is 25.4 Å². The van der Waals surface area contributed by atoms with Crippen molar-refractivity contribution in [1.29, 1.82) is 0 Å². The molecule has 1 aliphatic carbocycles. The third kappa shape index (κ3) is 5.24. The number of carboxylic acids is 1. The summed E-state index contributed by atoms with van der Waals surface area (Å²) in [5.74, 6) is 0.611. The van der Waals surface area contributed by atoms with E-state index in [-0.39, 0.29) is 17.7 Å². The SMILES string of the molecule is CCOc1ccc(CCC2CCN(C(=O)[C@@H]3CC[C@H](C(=O)O)C3)CC2)cc1. The fraction of sp³-hybridized carbons (Fsp3) is 0.636. The van der Waals surface area contributed by atoms with E-state index in [9.17, 15) is 9.59 Å². The number of amides is 1. The van der Waals surface area contributed by atoms with E-state index in [2.05, 4.69) is 12.1 Å². The van der Waals surface area contributed by atoms with Crippen molar-refractivity contribution in [1.82, 2.24) is 4.90 Å². The zero-order valence-corrected chi connectivity index (χ0v) is 16.2. The van der Waals surface area contributed by atoms with Crippen LogP contribution in [0.2, 0.25) is 0 Å². The van der Waals surface area contributed by atoms with Gasteiger partial charge in [-0.25, -0.2) is 0 Å². The van der Waals surface area contributed by atoms with Gasteiger partial charge >= 0.3 is 5.97 Å². The predicted molar refractivity (Wildman–Crippen MR) is 104 cm³/mol. The fourth-order valence-electron chi connectivity index (χ4n) is 4.42. The third-order valence-electron chi connectivity index (χ3n) is 6.13. The first-order chi connectivity index (χ1) is 13.1. The van der Waals surface area contributed by atoms with E-state index in [1.54, 1.807) is 0 Å². The second kappa shape index (κ2) is 9.25. The average molecular weight is 373 g/mol. The number of nitrogens with zero attached hydrogens (tertiary/aromatic N) is 1. The summed E-state index contributed by atoms with van der Waals surface area (Å²) in [7, 11) is 0. The number of ether oxygens (including phenoxy) is 1. The Hall–Kier alpha value is -2.04. The molecular weight excluding hydrogens is 342 g/mol. The van der Waals surface area contributed by atoms with Crippen molar-refractivity contribution in [3.8, 4) is 5.75 Å². The summed E-state index contributed by atoms with van der Waals surface area (Å²) in [5, 5.41) is 9.12. The van der Waals surface area contributed by atoms with Crippen LogP contribution in [0.4, 0.5) is 0 Å². The van der Waals surface area contributed by atoms with Gasteiger partial charge in [-0.05, 0) is 75.5 Å². The van der Waals surface area contributed by atoms with Crippen molar-refractivity contribution < 1.29 is 19.4 Å². The first-order valence-electron chi connectivity index (χ1n) is 10.3. The van der Waals surface area contributed by atoms with Crippen LogP contribution >= 0.6 is 0 Å². The smallest absolute Gasteiger partial charge is 0.306 e. The van der Waals surface area contributed by atoms with Crippen LogP contribution in [0, 0.1) is 17.8 Å². The zero-order valence-electron chi connectivity index (χ0n) is 16.2. The summed E-state index contributed by atoms with van der Waals surface area (Å²) < 4.78 is 5.48. The topological polar surface area (TPSA) is 66.8 Å². The molecule has 1 aromatic rings. The van der Waals surface area contributed by atoms with Crippen molar-refractivity contribution >= 4 is 11.9 Å². The Morgan fingerprint density at radius 1 is 1.07 bits per heavy atom. The summed E-state index contributed by atoms with van der Waals surface area (Å²) in [6, 6.07) is 8.35. The number of carbonyl (C=O) groups excluding carboxylic acids is 1. The van der Waals surface area contributed by atoms with Gasteiger partial charge in [0.25, 0.3) is 0 Å². The van der Waals surface area contributed by atoms with Gasteiger partial charge in [-0.2, -0.15) is 0 Å². The molecule has 1 aromatic carbocycles. The van der Waals surface area contributed by atoms with Gasteiger partial charge in [0.1, 0.15) is 5.75 Å². The van der Waals surface area contributed by atoms with Crippen LogP contribution in [0.25, 0.3) is 0 Å². The summed E-state index contributed by atoms with van der Waals surface area (Å²) in [6.07, 6.45) is 6.22. The first kappa shape index (κ1) is 19.7. The Balaban J connectivity index is 1.40. The highest BCUT2D eigenvalue weighted by molar-refractivity contribution is 5.81. The van der Waals surface area contributed by atoms with Gasteiger partial charge in [-0.15, -0.1) is 0 Å². The van der Waals surface area contributed by atoms with E-state index in [1.807, 2.05) is 24.0 Å². The maximum Gasteiger partial charge on any atom is 0.306 e. The van der Waals surface area contributed by atoms with Crippen LogP contribution in [-0.2, 0) is 16.0 Å². The zero-order chi connectivity index (χ0) is 19.2. The van der Waals surface area contributed by atoms with E-state index in [0.717, 1.165) is 50.9 Å².